The number of nitrogens with zero attached hydrogens (tertiary/aromatic N) is 2. The normalized spacial score (nSPS) is 16.1. The van der Waals surface area contributed by atoms with Gasteiger partial charge in [-0.1, -0.05) is 20.8 Å². The van der Waals surface area contributed by atoms with E-state index < -0.39 is 0 Å². The maximum atomic E-state index is 12.5. The molecule has 0 aliphatic carbocycles. The highest BCUT2D eigenvalue weighted by Crippen LogP contribution is 2.19. The molecule has 1 saturated heterocycles. The van der Waals surface area contributed by atoms with Crippen LogP contribution in [0, 0.1) is 11.3 Å². The van der Waals surface area contributed by atoms with Crippen molar-refractivity contribution in [3.63, 3.8) is 0 Å². The van der Waals surface area contributed by atoms with Crippen LogP contribution in [0.1, 0.15) is 44.0 Å². The molecule has 2 heterocycles. The van der Waals surface area contributed by atoms with Gasteiger partial charge in [0.15, 0.2) is 0 Å². The van der Waals surface area contributed by atoms with Crippen LogP contribution in [0.25, 0.3) is 0 Å². The SMILES string of the molecule is Cn1cccc(C(=O)N2CCC(CNC(=O)C(C)(C)C)CC2)c1=O. The summed E-state index contributed by atoms with van der Waals surface area (Å²) in [6.07, 6.45) is 3.32. The van der Waals surface area contributed by atoms with Crippen LogP contribution in [0.3, 0.4) is 0 Å². The van der Waals surface area contributed by atoms with Crippen molar-refractivity contribution in [1.29, 1.82) is 0 Å². The molecule has 1 aliphatic heterocycles. The smallest absolute Gasteiger partial charge is 0.263 e. The van der Waals surface area contributed by atoms with Crippen LogP contribution in [-0.2, 0) is 11.8 Å². The Morgan fingerprint density at radius 3 is 2.46 bits per heavy atom. The van der Waals surface area contributed by atoms with Crippen LogP contribution in [0.15, 0.2) is 23.1 Å². The van der Waals surface area contributed by atoms with E-state index in [-0.39, 0.29) is 28.4 Å². The molecular weight excluding hydrogens is 306 g/mol. The Balaban J connectivity index is 1.89. The van der Waals surface area contributed by atoms with E-state index in [0.29, 0.717) is 25.6 Å². The zero-order valence-electron chi connectivity index (χ0n) is 15.0. The predicted octanol–water partition coefficient (Wildman–Crippen LogP) is 1.40. The number of carbonyl (C=O) groups excluding carboxylic acids is 2. The average molecular weight is 333 g/mol. The molecule has 2 rings (SSSR count). The lowest BCUT2D eigenvalue weighted by molar-refractivity contribution is -0.128. The largest absolute Gasteiger partial charge is 0.355 e. The Kier molecular flexibility index (Phi) is 5.47. The lowest BCUT2D eigenvalue weighted by atomic mass is 9.93. The number of nitrogens with one attached hydrogen (secondary N) is 1. The molecule has 1 aromatic rings. The summed E-state index contributed by atoms with van der Waals surface area (Å²) in [6.45, 7) is 7.56. The molecule has 24 heavy (non-hydrogen) atoms. The third-order valence-corrected chi connectivity index (χ3v) is 4.49. The van der Waals surface area contributed by atoms with Gasteiger partial charge in [-0.25, -0.2) is 0 Å². The van der Waals surface area contributed by atoms with Crippen molar-refractivity contribution in [2.24, 2.45) is 18.4 Å². The van der Waals surface area contributed by atoms with Gasteiger partial charge in [-0.3, -0.25) is 14.4 Å². The third-order valence-electron chi connectivity index (χ3n) is 4.49. The molecule has 0 bridgehead atoms. The fraction of sp³-hybridized carbons (Fsp3) is 0.611. The van der Waals surface area contributed by atoms with Crippen molar-refractivity contribution in [2.75, 3.05) is 19.6 Å². The topological polar surface area (TPSA) is 71.4 Å². The Morgan fingerprint density at radius 1 is 1.25 bits per heavy atom. The molecule has 1 fully saturated rings. The number of aromatic nitrogens is 1. The van der Waals surface area contributed by atoms with Gasteiger partial charge in [-0.05, 0) is 30.9 Å². The van der Waals surface area contributed by atoms with Gasteiger partial charge in [-0.2, -0.15) is 0 Å². The van der Waals surface area contributed by atoms with Crippen LogP contribution in [-0.4, -0.2) is 40.9 Å². The molecule has 0 spiro atoms. The summed E-state index contributed by atoms with van der Waals surface area (Å²) in [5.41, 5.74) is -0.425. The first-order chi connectivity index (χ1) is 11.2. The van der Waals surface area contributed by atoms with Gasteiger partial charge in [-0.15, -0.1) is 0 Å². The van der Waals surface area contributed by atoms with Gasteiger partial charge in [0.2, 0.25) is 5.91 Å². The fourth-order valence-corrected chi connectivity index (χ4v) is 2.77. The quantitative estimate of drug-likeness (QED) is 0.909. The zero-order valence-corrected chi connectivity index (χ0v) is 15.0. The number of likely N-dealkylation sites (tertiary alicyclic amines) is 1. The highest BCUT2D eigenvalue weighted by molar-refractivity contribution is 5.93. The number of pyridine rings is 1. The van der Waals surface area contributed by atoms with Gasteiger partial charge >= 0.3 is 0 Å². The molecule has 0 unspecified atom stereocenters. The number of aryl methyl sites for hydroxylation is 1. The molecule has 1 aliphatic rings. The second-order valence-corrected chi connectivity index (χ2v) is 7.53. The van der Waals surface area contributed by atoms with E-state index in [0.717, 1.165) is 12.8 Å². The van der Waals surface area contributed by atoms with E-state index in [4.69, 9.17) is 0 Å². The second kappa shape index (κ2) is 7.20. The highest BCUT2D eigenvalue weighted by atomic mass is 16.2. The molecule has 0 aromatic carbocycles. The molecule has 0 saturated carbocycles. The summed E-state index contributed by atoms with van der Waals surface area (Å²) in [6, 6.07) is 3.30. The maximum Gasteiger partial charge on any atom is 0.263 e. The number of piperidine rings is 1. The summed E-state index contributed by atoms with van der Waals surface area (Å²) >= 11 is 0. The van der Waals surface area contributed by atoms with E-state index in [9.17, 15) is 14.4 Å². The first-order valence-electron chi connectivity index (χ1n) is 8.43. The third kappa shape index (κ3) is 4.24. The molecular formula is C18H27N3O3. The van der Waals surface area contributed by atoms with Crippen molar-refractivity contribution in [3.8, 4) is 0 Å². The molecule has 2 amide bonds. The van der Waals surface area contributed by atoms with Crippen LogP contribution in [0.5, 0.6) is 0 Å². The molecule has 1 N–H and O–H groups in total. The minimum atomic E-state index is -0.385. The fourth-order valence-electron chi connectivity index (χ4n) is 2.77. The zero-order chi connectivity index (χ0) is 17.9. The van der Waals surface area contributed by atoms with Gasteiger partial charge in [0.05, 0.1) is 0 Å². The number of hydrogen-bond donors (Lipinski definition) is 1. The molecule has 6 heteroatoms. The lowest BCUT2D eigenvalue weighted by Crippen LogP contribution is -2.44. The van der Waals surface area contributed by atoms with E-state index >= 15 is 0 Å². The van der Waals surface area contributed by atoms with Gasteiger partial charge < -0.3 is 14.8 Å². The van der Waals surface area contributed by atoms with Crippen LogP contribution >= 0.6 is 0 Å². The van der Waals surface area contributed by atoms with Crippen LogP contribution in [0.4, 0.5) is 0 Å². The van der Waals surface area contributed by atoms with E-state index in [1.165, 1.54) is 4.57 Å². The van der Waals surface area contributed by atoms with Crippen molar-refractivity contribution in [2.45, 2.75) is 33.6 Å². The average Bonchev–Trinajstić information content (AvgIpc) is 2.54. The molecule has 0 atom stereocenters. The highest BCUT2D eigenvalue weighted by Gasteiger charge is 2.27. The summed E-state index contributed by atoms with van der Waals surface area (Å²) in [5.74, 6) is 0.223. The van der Waals surface area contributed by atoms with Gasteiger partial charge in [0.1, 0.15) is 5.56 Å². The number of rotatable bonds is 3. The van der Waals surface area contributed by atoms with Gasteiger partial charge in [0.25, 0.3) is 11.5 Å². The van der Waals surface area contributed by atoms with E-state index in [2.05, 4.69) is 5.32 Å². The Morgan fingerprint density at radius 2 is 1.88 bits per heavy atom. The van der Waals surface area contributed by atoms with E-state index in [1.54, 1.807) is 30.3 Å². The number of carbonyl (C=O) groups is 2. The summed E-state index contributed by atoms with van der Waals surface area (Å²) in [5, 5.41) is 2.99. The number of hydrogen-bond acceptors (Lipinski definition) is 3. The lowest BCUT2D eigenvalue weighted by Gasteiger charge is -2.32. The van der Waals surface area contributed by atoms with E-state index in [1.807, 2.05) is 20.8 Å². The molecule has 6 nitrogen and oxygen atoms in total. The Bertz CT molecular complexity index is 665. The monoisotopic (exact) mass is 333 g/mol. The Labute approximate surface area is 142 Å². The maximum absolute atomic E-state index is 12.5. The molecule has 132 valence electrons. The standard InChI is InChI=1S/C18H27N3O3/c1-18(2,3)17(24)19-12-13-7-10-21(11-8-13)16(23)14-6-5-9-20(4)15(14)22/h5-6,9,13H,7-8,10-12H2,1-4H3,(H,19,24). The molecule has 1 aromatic heterocycles. The van der Waals surface area contributed by atoms with Gasteiger partial charge in [0, 0.05) is 38.3 Å². The summed E-state index contributed by atoms with van der Waals surface area (Å²) < 4.78 is 1.42. The first kappa shape index (κ1) is 18.2. The van der Waals surface area contributed by atoms with Crippen molar-refractivity contribution >= 4 is 11.8 Å². The van der Waals surface area contributed by atoms with Crippen molar-refractivity contribution < 1.29 is 9.59 Å². The van der Waals surface area contributed by atoms with Crippen molar-refractivity contribution in [1.82, 2.24) is 14.8 Å². The second-order valence-electron chi connectivity index (χ2n) is 7.53. The minimum Gasteiger partial charge on any atom is -0.355 e. The summed E-state index contributed by atoms with van der Waals surface area (Å²) in [7, 11) is 1.64. The minimum absolute atomic E-state index is 0.0498. The van der Waals surface area contributed by atoms with Crippen LogP contribution in [0.2, 0.25) is 0 Å². The summed E-state index contributed by atoms with van der Waals surface area (Å²) in [4.78, 5) is 38.2. The molecule has 0 radical (unpaired) electrons. The van der Waals surface area contributed by atoms with Crippen molar-refractivity contribution in [3.05, 3.63) is 34.2 Å². The first-order valence-corrected chi connectivity index (χ1v) is 8.43. The predicted molar refractivity (Wildman–Crippen MR) is 92.8 cm³/mol. The number of amides is 2. The van der Waals surface area contributed by atoms with Crippen LogP contribution < -0.4 is 10.9 Å². The Hall–Kier alpha value is -2.11.